The fourth-order valence-corrected chi connectivity index (χ4v) is 12.2. The Morgan fingerprint density at radius 3 is 1.33 bits per heavy atom. The average Bonchev–Trinajstić information content (AvgIpc) is 3.82. The Hall–Kier alpha value is -7.30. The molecule has 0 saturated carbocycles. The third-order valence-electron chi connectivity index (χ3n) is 14.4. The quantitative estimate of drug-likeness (QED) is 0.156. The van der Waals surface area contributed by atoms with Crippen LogP contribution >= 0.6 is 0 Å². The molecular weight excluding hydrogens is 711 g/mol. The molecule has 0 unspecified atom stereocenters. The van der Waals surface area contributed by atoms with E-state index in [9.17, 15) is 0 Å². The van der Waals surface area contributed by atoms with Gasteiger partial charge in [-0.15, -0.1) is 0 Å². The molecule has 6 aliphatic carbocycles. The Bertz CT molecular complexity index is 3670. The molecule has 17 rings (SSSR count). The predicted octanol–water partition coefficient (Wildman–Crippen LogP) is 12.4. The summed E-state index contributed by atoms with van der Waals surface area (Å²) in [6.07, 6.45) is 0. The van der Waals surface area contributed by atoms with Gasteiger partial charge in [-0.2, -0.15) is 0 Å². The molecule has 4 heteroatoms. The van der Waals surface area contributed by atoms with Gasteiger partial charge in [-0.25, -0.2) is 0 Å². The number of fused-ring (bicyclic) bond motifs is 10. The summed E-state index contributed by atoms with van der Waals surface area (Å²) in [6, 6.07) is 53.6. The molecule has 268 valence electrons. The minimum atomic E-state index is -0.373. The van der Waals surface area contributed by atoms with Gasteiger partial charge >= 0.3 is 0 Å². The van der Waals surface area contributed by atoms with Crippen LogP contribution in [0.25, 0.3) is 60.0 Å². The zero-order valence-corrected chi connectivity index (χ0v) is 30.9. The van der Waals surface area contributed by atoms with E-state index in [4.69, 9.17) is 4.42 Å². The van der Waals surface area contributed by atoms with Gasteiger partial charge in [-0.05, 0) is 92.0 Å². The highest BCUT2D eigenvalue weighted by Crippen LogP contribution is 2.56. The van der Waals surface area contributed by atoms with Crippen molar-refractivity contribution in [3.8, 4) is 0 Å². The van der Waals surface area contributed by atoms with Crippen LogP contribution in [-0.2, 0) is 0 Å². The summed E-state index contributed by atoms with van der Waals surface area (Å²) in [6.45, 7) is 0. The van der Waals surface area contributed by atoms with E-state index in [1.54, 1.807) is 0 Å². The lowest BCUT2D eigenvalue weighted by Gasteiger charge is -2.30. The molecule has 0 spiro atoms. The molecule has 0 radical (unpaired) electrons. The Kier molecular flexibility index (Phi) is 5.15. The molecule has 0 atom stereocenters. The fourth-order valence-electron chi connectivity index (χ4n) is 12.2. The van der Waals surface area contributed by atoms with Crippen LogP contribution in [0.4, 0.5) is 0 Å². The van der Waals surface area contributed by atoms with E-state index >= 15 is 9.59 Å². The van der Waals surface area contributed by atoms with E-state index in [2.05, 4.69) is 144 Å². The van der Waals surface area contributed by atoms with E-state index in [0.717, 1.165) is 105 Å². The molecule has 0 aliphatic heterocycles. The van der Waals surface area contributed by atoms with Gasteiger partial charge in [0, 0.05) is 49.9 Å². The topological polar surface area (TPSA) is 51.7 Å². The van der Waals surface area contributed by atoms with Crippen LogP contribution < -0.4 is 0 Å². The Labute approximate surface area is 330 Å². The SMILES string of the molecule is O=C1c2cc3c(cc2C2c4ccccc4C1c1ccccc12)c1cc2c4ccccc4oc2c2c4cc5c(cc4n3c12)C(=O)C1c2ccccc2C5c2ccccc21. The average molecular weight is 740 g/mol. The van der Waals surface area contributed by atoms with Gasteiger partial charge in [0.1, 0.15) is 11.2 Å². The molecule has 4 nitrogen and oxygen atoms in total. The molecule has 3 aromatic heterocycles. The Balaban J connectivity index is 1.12. The normalized spacial score (nSPS) is 19.8. The molecule has 0 amide bonds. The highest BCUT2D eigenvalue weighted by molar-refractivity contribution is 6.33. The number of rotatable bonds is 0. The van der Waals surface area contributed by atoms with Crippen LogP contribution in [0.15, 0.2) is 156 Å². The molecule has 0 fully saturated rings. The lowest BCUT2D eigenvalue weighted by atomic mass is 9.72. The van der Waals surface area contributed by atoms with Crippen molar-refractivity contribution in [3.63, 3.8) is 0 Å². The van der Waals surface area contributed by atoms with Crippen LogP contribution in [0, 0.1) is 0 Å². The van der Waals surface area contributed by atoms with Crippen LogP contribution in [0.5, 0.6) is 0 Å². The van der Waals surface area contributed by atoms with E-state index < -0.39 is 0 Å². The molecule has 6 aliphatic rings. The minimum absolute atomic E-state index is 0.0618. The molecule has 8 aromatic carbocycles. The number of hydrogen-bond acceptors (Lipinski definition) is 3. The van der Waals surface area contributed by atoms with Crippen molar-refractivity contribution in [1.82, 2.24) is 4.40 Å². The van der Waals surface area contributed by atoms with Gasteiger partial charge in [0.05, 0.1) is 33.8 Å². The molecule has 0 N–H and O–H groups in total. The zero-order chi connectivity index (χ0) is 37.7. The number of aromatic nitrogens is 1. The summed E-state index contributed by atoms with van der Waals surface area (Å²) >= 11 is 0. The third kappa shape index (κ3) is 3.28. The van der Waals surface area contributed by atoms with Gasteiger partial charge in [0.2, 0.25) is 0 Å². The second kappa shape index (κ2) is 9.98. The maximum Gasteiger partial charge on any atom is 0.175 e. The maximum atomic E-state index is 15.2. The first-order chi connectivity index (χ1) is 28.6. The fraction of sp³-hybridized carbons (Fsp3) is 0.0741. The number of Topliss-reactive ketones (excluding diaryl/α,β-unsaturated/α-hetero) is 2. The standard InChI is InChI=1S/C54H29NO3/c56-52-39-24-43-35(21-36(39)46-27-12-1-5-16-31(27)48(52)32-17-6-2-13-28(32)46)38-23-41-26-11-9-10-20-45(26)58-54(41)50-42-22-37-40(25-44(42)55(43)51(38)50)53(57)49-33-18-7-3-14-29(33)47(37)30-15-4-8-19-34(30)49/h1-25,46-49H. The summed E-state index contributed by atoms with van der Waals surface area (Å²) in [7, 11) is 0. The summed E-state index contributed by atoms with van der Waals surface area (Å²) < 4.78 is 9.19. The lowest BCUT2D eigenvalue weighted by Crippen LogP contribution is -2.19. The van der Waals surface area contributed by atoms with Crippen molar-refractivity contribution in [2.24, 2.45) is 0 Å². The van der Waals surface area contributed by atoms with Crippen molar-refractivity contribution in [3.05, 3.63) is 218 Å². The third-order valence-corrected chi connectivity index (χ3v) is 14.4. The van der Waals surface area contributed by atoms with Gasteiger partial charge in [0.15, 0.2) is 11.6 Å². The number of para-hydroxylation sites is 1. The van der Waals surface area contributed by atoms with Crippen LogP contribution in [0.3, 0.4) is 0 Å². The maximum absolute atomic E-state index is 15.2. The highest BCUT2D eigenvalue weighted by atomic mass is 16.3. The smallest absolute Gasteiger partial charge is 0.175 e. The van der Waals surface area contributed by atoms with E-state index in [0.29, 0.717) is 0 Å². The molecular formula is C54H29NO3. The highest BCUT2D eigenvalue weighted by Gasteiger charge is 2.45. The molecule has 3 heterocycles. The number of nitrogens with zero attached hydrogens (tertiary/aromatic N) is 1. The van der Waals surface area contributed by atoms with Gasteiger partial charge in [-0.1, -0.05) is 115 Å². The summed E-state index contributed by atoms with van der Waals surface area (Å²) in [5.74, 6) is -0.613. The molecule has 58 heavy (non-hydrogen) atoms. The number of ketones is 2. The van der Waals surface area contributed by atoms with Crippen LogP contribution in [-0.4, -0.2) is 16.0 Å². The van der Waals surface area contributed by atoms with Crippen LogP contribution in [0.1, 0.15) is 100 Å². The first kappa shape index (κ1) is 29.9. The van der Waals surface area contributed by atoms with Crippen LogP contribution in [0.2, 0.25) is 0 Å². The summed E-state index contributed by atoms with van der Waals surface area (Å²) in [5.41, 5.74) is 17.5. The lowest BCUT2D eigenvalue weighted by molar-refractivity contribution is 0.0966. The van der Waals surface area contributed by atoms with E-state index in [1.807, 2.05) is 12.1 Å². The zero-order valence-electron chi connectivity index (χ0n) is 30.9. The van der Waals surface area contributed by atoms with E-state index in [-0.39, 0.29) is 35.2 Å². The van der Waals surface area contributed by atoms with E-state index in [1.165, 1.54) is 22.3 Å². The number of furan rings is 1. The van der Waals surface area contributed by atoms with Crippen molar-refractivity contribution in [2.45, 2.75) is 23.7 Å². The molecule has 0 saturated heterocycles. The Morgan fingerprint density at radius 2 is 0.810 bits per heavy atom. The second-order valence-corrected chi connectivity index (χ2v) is 16.8. The second-order valence-electron chi connectivity index (χ2n) is 16.8. The Morgan fingerprint density at radius 1 is 0.379 bits per heavy atom. The predicted molar refractivity (Wildman–Crippen MR) is 228 cm³/mol. The largest absolute Gasteiger partial charge is 0.455 e. The number of benzene rings is 8. The van der Waals surface area contributed by atoms with Crippen molar-refractivity contribution >= 4 is 71.6 Å². The van der Waals surface area contributed by atoms with Gasteiger partial charge in [-0.3, -0.25) is 9.59 Å². The van der Waals surface area contributed by atoms with Crippen molar-refractivity contribution < 1.29 is 14.0 Å². The first-order valence-electron chi connectivity index (χ1n) is 20.2. The van der Waals surface area contributed by atoms with Gasteiger partial charge < -0.3 is 8.82 Å². The number of hydrogen-bond donors (Lipinski definition) is 0. The number of carbonyl (C=O) groups excluding carboxylic acids is 2. The molecule has 4 bridgehead atoms. The number of carbonyl (C=O) groups is 2. The summed E-state index contributed by atoms with van der Waals surface area (Å²) in [5, 5.41) is 6.46. The summed E-state index contributed by atoms with van der Waals surface area (Å²) in [4.78, 5) is 30.3. The molecule has 11 aromatic rings. The van der Waals surface area contributed by atoms with Crippen molar-refractivity contribution in [1.29, 1.82) is 0 Å². The monoisotopic (exact) mass is 739 g/mol. The van der Waals surface area contributed by atoms with Crippen molar-refractivity contribution in [2.75, 3.05) is 0 Å². The van der Waals surface area contributed by atoms with Gasteiger partial charge in [0.25, 0.3) is 0 Å². The first-order valence-corrected chi connectivity index (χ1v) is 20.2. The minimum Gasteiger partial charge on any atom is -0.455 e.